The van der Waals surface area contributed by atoms with Gasteiger partial charge in [0, 0.05) is 24.8 Å². The van der Waals surface area contributed by atoms with Gasteiger partial charge in [-0.05, 0) is 43.9 Å². The molecule has 1 aliphatic heterocycles. The minimum atomic E-state index is -0.0328. The molecule has 0 amide bonds. The van der Waals surface area contributed by atoms with Gasteiger partial charge in [0.05, 0.1) is 47.9 Å². The fraction of sp³-hybridized carbons (Fsp3) is 0.417. The van der Waals surface area contributed by atoms with Crippen molar-refractivity contribution < 1.29 is 9.47 Å². The Morgan fingerprint density at radius 2 is 2.06 bits per heavy atom. The van der Waals surface area contributed by atoms with Gasteiger partial charge in [-0.25, -0.2) is 9.78 Å². The van der Waals surface area contributed by atoms with Gasteiger partial charge in [0.2, 0.25) is 5.88 Å². The highest BCUT2D eigenvalue weighted by Gasteiger charge is 2.29. The Bertz CT molecular complexity index is 1370. The summed E-state index contributed by atoms with van der Waals surface area (Å²) in [5, 5.41) is 0.891. The van der Waals surface area contributed by atoms with Crippen molar-refractivity contribution in [3.63, 3.8) is 0 Å². The average Bonchev–Trinajstić information content (AvgIpc) is 3.42. The van der Waals surface area contributed by atoms with E-state index in [9.17, 15) is 4.79 Å². The lowest BCUT2D eigenvalue weighted by atomic mass is 10.1. The van der Waals surface area contributed by atoms with Gasteiger partial charge >= 0.3 is 5.69 Å². The van der Waals surface area contributed by atoms with Crippen LogP contribution in [0.2, 0.25) is 0 Å². The second-order valence-corrected chi connectivity index (χ2v) is 8.79. The van der Waals surface area contributed by atoms with Crippen LogP contribution in [-0.2, 0) is 11.3 Å². The molecule has 6 rings (SSSR count). The van der Waals surface area contributed by atoms with Gasteiger partial charge in [0.25, 0.3) is 0 Å². The van der Waals surface area contributed by atoms with Crippen molar-refractivity contribution in [3.05, 3.63) is 58.5 Å². The summed E-state index contributed by atoms with van der Waals surface area (Å²) >= 11 is 0. The molecule has 1 atom stereocenters. The molecule has 4 aromatic rings. The van der Waals surface area contributed by atoms with Crippen molar-refractivity contribution in [1.29, 1.82) is 0 Å². The predicted octanol–water partition coefficient (Wildman–Crippen LogP) is 3.25. The monoisotopic (exact) mass is 431 g/mol. The summed E-state index contributed by atoms with van der Waals surface area (Å²) in [6.45, 7) is 4.36. The third-order valence-electron chi connectivity index (χ3n) is 6.40. The standard InChI is InChI=1S/C24H25N5O3/c1-15-3-2-4-18-22(15)26-21(27-23(18)32-14-16-8-10-31-13-16)12-28-20-11-25-9-7-19(20)29(24(28)30)17-5-6-17/h2-4,7,9,11,16-17H,5-6,8,10,12-14H2,1H3. The van der Waals surface area contributed by atoms with E-state index in [1.807, 2.05) is 35.8 Å². The van der Waals surface area contributed by atoms with Crippen LogP contribution in [0.4, 0.5) is 0 Å². The van der Waals surface area contributed by atoms with Crippen molar-refractivity contribution in [3.8, 4) is 5.88 Å². The van der Waals surface area contributed by atoms with Crippen LogP contribution in [0.25, 0.3) is 21.9 Å². The Labute approximate surface area is 184 Å². The van der Waals surface area contributed by atoms with Crippen molar-refractivity contribution in [2.75, 3.05) is 19.8 Å². The molecule has 0 spiro atoms. The maximum atomic E-state index is 13.3. The molecule has 0 radical (unpaired) electrons. The lowest BCUT2D eigenvalue weighted by Gasteiger charge is -2.14. The summed E-state index contributed by atoms with van der Waals surface area (Å²) in [5.74, 6) is 1.50. The summed E-state index contributed by atoms with van der Waals surface area (Å²) in [6.07, 6.45) is 6.56. The number of hydrogen-bond acceptors (Lipinski definition) is 6. The van der Waals surface area contributed by atoms with Crippen LogP contribution >= 0.6 is 0 Å². The van der Waals surface area contributed by atoms with Gasteiger partial charge in [-0.15, -0.1) is 0 Å². The molecule has 1 saturated carbocycles. The highest BCUT2D eigenvalue weighted by Crippen LogP contribution is 2.36. The molecule has 1 aliphatic carbocycles. The van der Waals surface area contributed by atoms with Crippen LogP contribution in [-0.4, -0.2) is 43.9 Å². The first-order chi connectivity index (χ1) is 15.7. The van der Waals surface area contributed by atoms with Gasteiger partial charge < -0.3 is 9.47 Å². The number of ether oxygens (including phenoxy) is 2. The molecule has 3 aromatic heterocycles. The Balaban J connectivity index is 1.42. The first-order valence-electron chi connectivity index (χ1n) is 11.2. The molecule has 164 valence electrons. The number of nitrogens with zero attached hydrogens (tertiary/aromatic N) is 5. The number of imidazole rings is 1. The van der Waals surface area contributed by atoms with Crippen molar-refractivity contribution in [2.45, 2.75) is 38.8 Å². The van der Waals surface area contributed by atoms with Crippen LogP contribution in [0.1, 0.15) is 36.7 Å². The normalized spacial score (nSPS) is 18.6. The summed E-state index contributed by atoms with van der Waals surface area (Å²) in [7, 11) is 0. The SMILES string of the molecule is Cc1cccc2c(OCC3CCOC3)nc(Cn3c(=O)n(C4CC4)c4ccncc43)nc12. The quantitative estimate of drug-likeness (QED) is 0.466. The third kappa shape index (κ3) is 3.35. The molecule has 2 aliphatic rings. The molecule has 8 heteroatoms. The summed E-state index contributed by atoms with van der Waals surface area (Å²) in [5.41, 5.74) is 3.60. The largest absolute Gasteiger partial charge is 0.477 e. The molecule has 32 heavy (non-hydrogen) atoms. The van der Waals surface area contributed by atoms with Gasteiger partial charge in [-0.3, -0.25) is 14.1 Å². The lowest BCUT2D eigenvalue weighted by molar-refractivity contribution is 0.166. The number of hydrogen-bond donors (Lipinski definition) is 0. The zero-order valence-electron chi connectivity index (χ0n) is 18.0. The van der Waals surface area contributed by atoms with Gasteiger partial charge in [-0.2, -0.15) is 4.98 Å². The van der Waals surface area contributed by atoms with E-state index in [-0.39, 0.29) is 18.3 Å². The molecular formula is C24H25N5O3. The van der Waals surface area contributed by atoms with E-state index in [1.54, 1.807) is 17.0 Å². The van der Waals surface area contributed by atoms with Crippen LogP contribution in [0.5, 0.6) is 5.88 Å². The van der Waals surface area contributed by atoms with Gasteiger partial charge in [0.1, 0.15) is 0 Å². The molecule has 4 heterocycles. The smallest absolute Gasteiger partial charge is 0.329 e. The third-order valence-corrected chi connectivity index (χ3v) is 6.40. The van der Waals surface area contributed by atoms with Crippen LogP contribution in [0, 0.1) is 12.8 Å². The average molecular weight is 431 g/mol. The minimum absolute atomic E-state index is 0.0328. The van der Waals surface area contributed by atoms with Crippen molar-refractivity contribution >= 4 is 21.9 Å². The topological polar surface area (TPSA) is 84.1 Å². The van der Waals surface area contributed by atoms with Crippen LogP contribution in [0.3, 0.4) is 0 Å². The van der Waals surface area contributed by atoms with E-state index in [1.165, 1.54) is 0 Å². The number of pyridine rings is 1. The van der Waals surface area contributed by atoms with E-state index in [2.05, 4.69) is 4.98 Å². The number of para-hydroxylation sites is 1. The molecule has 0 bridgehead atoms. The summed E-state index contributed by atoms with van der Waals surface area (Å²) < 4.78 is 15.3. The Morgan fingerprint density at radius 3 is 2.88 bits per heavy atom. The summed E-state index contributed by atoms with van der Waals surface area (Å²) in [6, 6.07) is 8.20. The van der Waals surface area contributed by atoms with E-state index < -0.39 is 0 Å². The Kier molecular flexibility index (Phi) is 4.68. The van der Waals surface area contributed by atoms with Gasteiger partial charge in [-0.1, -0.05) is 12.1 Å². The maximum absolute atomic E-state index is 13.3. The zero-order chi connectivity index (χ0) is 21.7. The van der Waals surface area contributed by atoms with Crippen molar-refractivity contribution in [2.24, 2.45) is 5.92 Å². The lowest BCUT2D eigenvalue weighted by Crippen LogP contribution is -2.25. The van der Waals surface area contributed by atoms with E-state index in [0.717, 1.165) is 60.0 Å². The molecule has 1 aromatic carbocycles. The molecular weight excluding hydrogens is 406 g/mol. The van der Waals surface area contributed by atoms with Gasteiger partial charge in [0.15, 0.2) is 5.82 Å². The Hall–Kier alpha value is -3.26. The number of benzene rings is 1. The molecule has 1 unspecified atom stereocenters. The minimum Gasteiger partial charge on any atom is -0.477 e. The first kappa shape index (κ1) is 19.4. The highest BCUT2D eigenvalue weighted by atomic mass is 16.5. The predicted molar refractivity (Wildman–Crippen MR) is 120 cm³/mol. The first-order valence-corrected chi connectivity index (χ1v) is 11.2. The second-order valence-electron chi connectivity index (χ2n) is 8.79. The molecule has 2 fully saturated rings. The van der Waals surface area contributed by atoms with Crippen LogP contribution < -0.4 is 10.4 Å². The fourth-order valence-corrected chi connectivity index (χ4v) is 4.51. The van der Waals surface area contributed by atoms with E-state index in [4.69, 9.17) is 19.4 Å². The number of fused-ring (bicyclic) bond motifs is 2. The molecule has 8 nitrogen and oxygen atoms in total. The number of aryl methyl sites for hydroxylation is 1. The number of rotatable bonds is 6. The second kappa shape index (κ2) is 7.70. The molecule has 0 N–H and O–H groups in total. The summed E-state index contributed by atoms with van der Waals surface area (Å²) in [4.78, 5) is 27.1. The fourth-order valence-electron chi connectivity index (χ4n) is 4.51. The zero-order valence-corrected chi connectivity index (χ0v) is 18.0. The molecule has 1 saturated heterocycles. The highest BCUT2D eigenvalue weighted by molar-refractivity contribution is 5.86. The van der Waals surface area contributed by atoms with Crippen molar-refractivity contribution in [1.82, 2.24) is 24.1 Å². The Morgan fingerprint density at radius 1 is 1.16 bits per heavy atom. The number of aromatic nitrogens is 5. The maximum Gasteiger partial charge on any atom is 0.329 e. The van der Waals surface area contributed by atoms with E-state index >= 15 is 0 Å². The van der Waals surface area contributed by atoms with Crippen LogP contribution in [0.15, 0.2) is 41.5 Å². The van der Waals surface area contributed by atoms with E-state index in [0.29, 0.717) is 24.2 Å².